The monoisotopic (exact) mass is 326 g/mol. The molecule has 2 heterocycles. The molecule has 1 aliphatic rings. The largest absolute Gasteiger partial charge is 0.311 e. The molecule has 0 saturated carbocycles. The lowest BCUT2D eigenvalue weighted by Crippen LogP contribution is -2.55. The molecule has 1 aliphatic heterocycles. The fraction of sp³-hybridized carbons (Fsp3) is 0.538. The van der Waals surface area contributed by atoms with Crippen LogP contribution in [0.4, 0.5) is 5.82 Å². The van der Waals surface area contributed by atoms with E-state index in [1.807, 2.05) is 6.07 Å². The van der Waals surface area contributed by atoms with Gasteiger partial charge in [0, 0.05) is 35.8 Å². The maximum atomic E-state index is 12.0. The molecule has 2 unspecified atom stereocenters. The molecular weight excluding hydrogens is 308 g/mol. The number of halogens is 1. The summed E-state index contributed by atoms with van der Waals surface area (Å²) in [5.41, 5.74) is 0. The van der Waals surface area contributed by atoms with Gasteiger partial charge in [-0.15, -0.1) is 0 Å². The summed E-state index contributed by atoms with van der Waals surface area (Å²) >= 11 is 3.32. The van der Waals surface area contributed by atoms with Crippen LogP contribution in [0.15, 0.2) is 22.8 Å². The second kappa shape index (κ2) is 6.45. The number of hydrogen-bond donors (Lipinski definition) is 2. The molecule has 2 rings (SSSR count). The minimum atomic E-state index is -0.0178. The van der Waals surface area contributed by atoms with Crippen LogP contribution in [0.5, 0.6) is 0 Å². The van der Waals surface area contributed by atoms with Crippen molar-refractivity contribution in [2.24, 2.45) is 0 Å². The van der Waals surface area contributed by atoms with E-state index >= 15 is 0 Å². The summed E-state index contributed by atoms with van der Waals surface area (Å²) in [6.45, 7) is 6.48. The van der Waals surface area contributed by atoms with Gasteiger partial charge in [-0.05, 0) is 41.9 Å². The minimum absolute atomic E-state index is 0.0178. The third-order valence-electron chi connectivity index (χ3n) is 3.24. The number of rotatable bonds is 3. The Morgan fingerprint density at radius 1 is 1.58 bits per heavy atom. The maximum Gasteiger partial charge on any atom is 0.239 e. The van der Waals surface area contributed by atoms with Crippen LogP contribution >= 0.6 is 15.9 Å². The number of pyridine rings is 1. The van der Waals surface area contributed by atoms with Crippen LogP contribution in [-0.4, -0.2) is 47.5 Å². The van der Waals surface area contributed by atoms with Crippen molar-refractivity contribution in [1.29, 1.82) is 0 Å². The first-order chi connectivity index (χ1) is 9.04. The van der Waals surface area contributed by atoms with E-state index < -0.39 is 0 Å². The topological polar surface area (TPSA) is 57.3 Å². The van der Waals surface area contributed by atoms with Gasteiger partial charge in [0.25, 0.3) is 0 Å². The van der Waals surface area contributed by atoms with Crippen molar-refractivity contribution in [2.45, 2.75) is 25.9 Å². The molecule has 2 atom stereocenters. The van der Waals surface area contributed by atoms with Gasteiger partial charge >= 0.3 is 0 Å². The molecule has 5 nitrogen and oxygen atoms in total. The summed E-state index contributed by atoms with van der Waals surface area (Å²) in [7, 11) is 0. The van der Waals surface area contributed by atoms with Gasteiger partial charge in [-0.1, -0.05) is 0 Å². The second-order valence-electron chi connectivity index (χ2n) is 5.00. The Kier molecular flexibility index (Phi) is 4.90. The van der Waals surface area contributed by atoms with Crippen molar-refractivity contribution >= 4 is 27.7 Å². The number of hydrogen-bond acceptors (Lipinski definition) is 4. The number of piperazine rings is 1. The van der Waals surface area contributed by atoms with E-state index in [0.29, 0.717) is 24.4 Å². The van der Waals surface area contributed by atoms with Gasteiger partial charge in [0.1, 0.15) is 5.82 Å². The smallest absolute Gasteiger partial charge is 0.239 e. The number of aromatic nitrogens is 1. The molecule has 1 aromatic heterocycles. The van der Waals surface area contributed by atoms with Crippen molar-refractivity contribution in [3.63, 3.8) is 0 Å². The standard InChI is InChI=1S/C13H19BrN4O/c1-9-7-18(10(2)5-15-9)8-13(19)17-12-4-3-11(14)6-16-12/h3-4,6,9-10,15H,5,7-8H2,1-2H3,(H,16,17,19). The van der Waals surface area contributed by atoms with Gasteiger partial charge in [-0.25, -0.2) is 4.98 Å². The molecule has 1 saturated heterocycles. The molecule has 19 heavy (non-hydrogen) atoms. The highest BCUT2D eigenvalue weighted by molar-refractivity contribution is 9.10. The highest BCUT2D eigenvalue weighted by Crippen LogP contribution is 2.11. The van der Waals surface area contributed by atoms with Gasteiger partial charge in [-0.2, -0.15) is 0 Å². The van der Waals surface area contributed by atoms with Gasteiger partial charge < -0.3 is 10.6 Å². The van der Waals surface area contributed by atoms with E-state index in [1.165, 1.54) is 0 Å². The minimum Gasteiger partial charge on any atom is -0.311 e. The molecule has 0 aliphatic carbocycles. The zero-order chi connectivity index (χ0) is 13.8. The number of nitrogens with zero attached hydrogens (tertiary/aromatic N) is 2. The lowest BCUT2D eigenvalue weighted by molar-refractivity contribution is -0.118. The SMILES string of the molecule is CC1CN(CC(=O)Nc2ccc(Br)cn2)C(C)CN1. The van der Waals surface area contributed by atoms with Crippen LogP contribution in [0, 0.1) is 0 Å². The summed E-state index contributed by atoms with van der Waals surface area (Å²) in [5.74, 6) is 0.569. The summed E-state index contributed by atoms with van der Waals surface area (Å²) in [6.07, 6.45) is 1.67. The highest BCUT2D eigenvalue weighted by Gasteiger charge is 2.24. The Balaban J connectivity index is 1.88. The van der Waals surface area contributed by atoms with Crippen LogP contribution < -0.4 is 10.6 Å². The van der Waals surface area contributed by atoms with E-state index in [4.69, 9.17) is 0 Å². The molecule has 0 radical (unpaired) electrons. The third kappa shape index (κ3) is 4.26. The summed E-state index contributed by atoms with van der Waals surface area (Å²) in [5, 5.41) is 6.22. The third-order valence-corrected chi connectivity index (χ3v) is 3.70. The molecule has 1 aromatic rings. The number of anilines is 1. The summed E-state index contributed by atoms with van der Waals surface area (Å²) < 4.78 is 0.898. The van der Waals surface area contributed by atoms with Crippen LogP contribution in [-0.2, 0) is 4.79 Å². The Morgan fingerprint density at radius 2 is 2.37 bits per heavy atom. The van der Waals surface area contributed by atoms with Crippen LogP contribution in [0.25, 0.3) is 0 Å². The van der Waals surface area contributed by atoms with Crippen LogP contribution in [0.1, 0.15) is 13.8 Å². The Hall–Kier alpha value is -0.980. The number of carbonyl (C=O) groups is 1. The average molecular weight is 327 g/mol. The highest BCUT2D eigenvalue weighted by atomic mass is 79.9. The molecule has 0 spiro atoms. The predicted molar refractivity (Wildman–Crippen MR) is 79.1 cm³/mol. The molecule has 6 heteroatoms. The van der Waals surface area contributed by atoms with Crippen LogP contribution in [0.2, 0.25) is 0 Å². The van der Waals surface area contributed by atoms with E-state index in [-0.39, 0.29) is 5.91 Å². The molecule has 0 bridgehead atoms. The van der Waals surface area contributed by atoms with Gasteiger partial charge in [-0.3, -0.25) is 9.69 Å². The number of carbonyl (C=O) groups excluding carboxylic acids is 1. The lowest BCUT2D eigenvalue weighted by Gasteiger charge is -2.36. The number of nitrogens with one attached hydrogen (secondary N) is 2. The fourth-order valence-corrected chi connectivity index (χ4v) is 2.37. The van der Waals surface area contributed by atoms with Gasteiger partial charge in [0.05, 0.1) is 6.54 Å². The van der Waals surface area contributed by atoms with E-state index in [2.05, 4.69) is 50.3 Å². The van der Waals surface area contributed by atoms with Crippen molar-refractivity contribution in [2.75, 3.05) is 25.0 Å². The molecular formula is C13H19BrN4O. The summed E-state index contributed by atoms with van der Waals surface area (Å²) in [4.78, 5) is 18.3. The Labute approximate surface area is 121 Å². The van der Waals surface area contributed by atoms with Gasteiger partial charge in [0.15, 0.2) is 0 Å². The molecule has 2 N–H and O–H groups in total. The quantitative estimate of drug-likeness (QED) is 0.883. The van der Waals surface area contributed by atoms with E-state index in [0.717, 1.165) is 17.6 Å². The molecule has 0 aromatic carbocycles. The first-order valence-electron chi connectivity index (χ1n) is 6.43. The van der Waals surface area contributed by atoms with Crippen molar-refractivity contribution in [3.8, 4) is 0 Å². The van der Waals surface area contributed by atoms with E-state index in [1.54, 1.807) is 12.3 Å². The molecule has 104 valence electrons. The first kappa shape index (κ1) is 14.4. The van der Waals surface area contributed by atoms with Crippen molar-refractivity contribution in [1.82, 2.24) is 15.2 Å². The van der Waals surface area contributed by atoms with Crippen LogP contribution in [0.3, 0.4) is 0 Å². The zero-order valence-corrected chi connectivity index (χ0v) is 12.8. The molecule has 1 fully saturated rings. The maximum absolute atomic E-state index is 12.0. The second-order valence-corrected chi connectivity index (χ2v) is 5.91. The Bertz CT molecular complexity index is 437. The summed E-state index contributed by atoms with van der Waals surface area (Å²) in [6, 6.07) is 4.44. The fourth-order valence-electron chi connectivity index (χ4n) is 2.13. The van der Waals surface area contributed by atoms with E-state index in [9.17, 15) is 4.79 Å². The van der Waals surface area contributed by atoms with Crippen molar-refractivity contribution < 1.29 is 4.79 Å². The number of amides is 1. The zero-order valence-electron chi connectivity index (χ0n) is 11.2. The lowest BCUT2D eigenvalue weighted by atomic mass is 10.1. The van der Waals surface area contributed by atoms with Gasteiger partial charge in [0.2, 0.25) is 5.91 Å². The van der Waals surface area contributed by atoms with Crippen molar-refractivity contribution in [3.05, 3.63) is 22.8 Å². The first-order valence-corrected chi connectivity index (χ1v) is 7.22. The average Bonchev–Trinajstić information content (AvgIpc) is 2.37. The predicted octanol–water partition coefficient (Wildman–Crippen LogP) is 1.46. The molecule has 1 amide bonds. The normalized spacial score (nSPS) is 24.2. The Morgan fingerprint density at radius 3 is 3.05 bits per heavy atom.